The van der Waals surface area contributed by atoms with Crippen LogP contribution in [0.4, 0.5) is 5.69 Å². The average molecular weight is 296 g/mol. The van der Waals surface area contributed by atoms with Crippen LogP contribution in [0.25, 0.3) is 0 Å². The van der Waals surface area contributed by atoms with Crippen LogP contribution in [0.15, 0.2) is 24.3 Å². The first-order valence-corrected chi connectivity index (χ1v) is 6.76. The zero-order chi connectivity index (χ0) is 15.0. The smallest absolute Gasteiger partial charge is 0.224 e. The van der Waals surface area contributed by atoms with E-state index in [-0.39, 0.29) is 18.6 Å². The fraction of sp³-hybridized carbons (Fsp3) is 0.429. The van der Waals surface area contributed by atoms with Crippen molar-refractivity contribution in [3.8, 4) is 5.75 Å². The summed E-state index contributed by atoms with van der Waals surface area (Å²) in [6, 6.07) is 7.05. The molecule has 0 saturated heterocycles. The van der Waals surface area contributed by atoms with E-state index in [0.717, 1.165) is 5.69 Å². The maximum absolute atomic E-state index is 11.7. The molecule has 0 aliphatic rings. The van der Waals surface area contributed by atoms with Gasteiger partial charge in [-0.15, -0.1) is 0 Å². The standard InChI is InChI=1S/C14H20N2O3S/c1-10(18-2)3-8-14(17)16-11-4-6-12(7-5-11)19-9-13(15)20/h4-7,10H,3,8-9H2,1-2H3,(H2,15,20)(H,16,17). The molecule has 1 atom stereocenters. The number of carbonyl (C=O) groups excluding carboxylic acids is 1. The Morgan fingerprint density at radius 2 is 2.05 bits per heavy atom. The molecule has 1 unspecified atom stereocenters. The second kappa shape index (κ2) is 8.50. The highest BCUT2D eigenvalue weighted by Gasteiger charge is 2.06. The fourth-order valence-electron chi connectivity index (χ4n) is 1.46. The van der Waals surface area contributed by atoms with Gasteiger partial charge in [0, 0.05) is 19.2 Å². The summed E-state index contributed by atoms with van der Waals surface area (Å²) in [5.41, 5.74) is 6.07. The normalized spacial score (nSPS) is 11.7. The number of ether oxygens (including phenoxy) is 2. The fourth-order valence-corrected chi connectivity index (χ4v) is 1.52. The Morgan fingerprint density at radius 1 is 1.40 bits per heavy atom. The molecule has 1 amide bonds. The maximum atomic E-state index is 11.7. The van der Waals surface area contributed by atoms with Gasteiger partial charge in [-0.1, -0.05) is 12.2 Å². The number of nitrogens with one attached hydrogen (secondary N) is 1. The van der Waals surface area contributed by atoms with E-state index in [1.165, 1.54) is 0 Å². The minimum Gasteiger partial charge on any atom is -0.487 e. The van der Waals surface area contributed by atoms with Gasteiger partial charge in [0.15, 0.2) is 0 Å². The van der Waals surface area contributed by atoms with Gasteiger partial charge >= 0.3 is 0 Å². The summed E-state index contributed by atoms with van der Waals surface area (Å²) in [7, 11) is 1.63. The number of rotatable bonds is 8. The van der Waals surface area contributed by atoms with Gasteiger partial charge in [0.25, 0.3) is 0 Å². The molecule has 3 N–H and O–H groups in total. The second-order valence-electron chi connectivity index (χ2n) is 4.41. The lowest BCUT2D eigenvalue weighted by Gasteiger charge is -2.10. The lowest BCUT2D eigenvalue weighted by Crippen LogP contribution is -2.17. The van der Waals surface area contributed by atoms with Crippen LogP contribution < -0.4 is 15.8 Å². The summed E-state index contributed by atoms with van der Waals surface area (Å²) in [6.45, 7) is 2.14. The molecule has 20 heavy (non-hydrogen) atoms. The van der Waals surface area contributed by atoms with Gasteiger partial charge in [0.1, 0.15) is 17.3 Å². The summed E-state index contributed by atoms with van der Waals surface area (Å²) >= 11 is 4.72. The molecule has 0 heterocycles. The molecule has 110 valence electrons. The molecule has 0 radical (unpaired) electrons. The van der Waals surface area contributed by atoms with E-state index in [9.17, 15) is 4.79 Å². The molecule has 1 rings (SSSR count). The first kappa shape index (κ1) is 16.4. The molecule has 0 fully saturated rings. The lowest BCUT2D eigenvalue weighted by molar-refractivity contribution is -0.116. The van der Waals surface area contributed by atoms with Crippen molar-refractivity contribution in [2.24, 2.45) is 5.73 Å². The van der Waals surface area contributed by atoms with Crippen LogP contribution in [0.1, 0.15) is 19.8 Å². The van der Waals surface area contributed by atoms with Gasteiger partial charge in [-0.3, -0.25) is 4.79 Å². The minimum absolute atomic E-state index is 0.0364. The van der Waals surface area contributed by atoms with Gasteiger partial charge in [-0.25, -0.2) is 0 Å². The molecule has 0 aliphatic heterocycles. The van der Waals surface area contributed by atoms with Crippen LogP contribution in [-0.2, 0) is 9.53 Å². The molecule has 1 aromatic rings. The number of methoxy groups -OCH3 is 1. The number of benzene rings is 1. The highest BCUT2D eigenvalue weighted by atomic mass is 32.1. The summed E-state index contributed by atoms with van der Waals surface area (Å²) < 4.78 is 10.4. The summed E-state index contributed by atoms with van der Waals surface area (Å²) in [6.07, 6.45) is 1.20. The Kier molecular flexibility index (Phi) is 6.97. The summed E-state index contributed by atoms with van der Waals surface area (Å²) in [5, 5.41) is 2.81. The molecule has 0 aromatic heterocycles. The van der Waals surface area contributed by atoms with Crippen molar-refractivity contribution in [3.63, 3.8) is 0 Å². The molecule has 0 bridgehead atoms. The van der Waals surface area contributed by atoms with Gasteiger partial charge in [-0.2, -0.15) is 0 Å². The number of anilines is 1. The molecule has 6 heteroatoms. The van der Waals surface area contributed by atoms with E-state index in [0.29, 0.717) is 23.6 Å². The van der Waals surface area contributed by atoms with Crippen LogP contribution in [0, 0.1) is 0 Å². The third-order valence-corrected chi connectivity index (χ3v) is 2.82. The number of thiocarbonyl (C=S) groups is 1. The van der Waals surface area contributed by atoms with E-state index >= 15 is 0 Å². The van der Waals surface area contributed by atoms with Gasteiger partial charge in [0.05, 0.1) is 6.10 Å². The first-order valence-electron chi connectivity index (χ1n) is 6.35. The quantitative estimate of drug-likeness (QED) is 0.719. The lowest BCUT2D eigenvalue weighted by atomic mass is 10.2. The molecular formula is C14H20N2O3S. The highest BCUT2D eigenvalue weighted by Crippen LogP contribution is 2.16. The molecule has 0 aliphatic carbocycles. The topological polar surface area (TPSA) is 73.6 Å². The summed E-state index contributed by atoms with van der Waals surface area (Å²) in [4.78, 5) is 12.0. The predicted octanol–water partition coefficient (Wildman–Crippen LogP) is 2.11. The Balaban J connectivity index is 2.40. The highest BCUT2D eigenvalue weighted by molar-refractivity contribution is 7.80. The van der Waals surface area contributed by atoms with E-state index in [4.69, 9.17) is 27.4 Å². The number of nitrogens with two attached hydrogens (primary N) is 1. The van der Waals surface area contributed by atoms with Crippen LogP contribution in [0.2, 0.25) is 0 Å². The molecular weight excluding hydrogens is 276 g/mol. The second-order valence-corrected chi connectivity index (χ2v) is 4.94. The summed E-state index contributed by atoms with van der Waals surface area (Å²) in [5.74, 6) is 0.620. The minimum atomic E-state index is -0.0364. The van der Waals surface area contributed by atoms with Crippen molar-refractivity contribution < 1.29 is 14.3 Å². The SMILES string of the molecule is COC(C)CCC(=O)Nc1ccc(OCC(N)=S)cc1. The van der Waals surface area contributed by atoms with Crippen molar-refractivity contribution in [1.82, 2.24) is 0 Å². The predicted molar refractivity (Wildman–Crippen MR) is 83.1 cm³/mol. The van der Waals surface area contributed by atoms with E-state index in [1.54, 1.807) is 31.4 Å². The number of amides is 1. The number of hydrogen-bond donors (Lipinski definition) is 2. The Bertz CT molecular complexity index is 448. The third kappa shape index (κ3) is 6.49. The zero-order valence-corrected chi connectivity index (χ0v) is 12.5. The number of hydrogen-bond acceptors (Lipinski definition) is 4. The monoisotopic (exact) mass is 296 g/mol. The maximum Gasteiger partial charge on any atom is 0.224 e. The van der Waals surface area contributed by atoms with Crippen LogP contribution in [0.3, 0.4) is 0 Å². The van der Waals surface area contributed by atoms with E-state index < -0.39 is 0 Å². The average Bonchev–Trinajstić information content (AvgIpc) is 2.44. The Morgan fingerprint density at radius 3 is 2.60 bits per heavy atom. The zero-order valence-electron chi connectivity index (χ0n) is 11.7. The van der Waals surface area contributed by atoms with E-state index in [1.807, 2.05) is 6.92 Å². The van der Waals surface area contributed by atoms with Crippen LogP contribution in [-0.4, -0.2) is 30.7 Å². The molecule has 5 nitrogen and oxygen atoms in total. The molecule has 0 spiro atoms. The number of carbonyl (C=O) groups is 1. The van der Waals surface area contributed by atoms with Crippen molar-refractivity contribution in [1.29, 1.82) is 0 Å². The van der Waals surface area contributed by atoms with Crippen LogP contribution >= 0.6 is 12.2 Å². The van der Waals surface area contributed by atoms with Crippen molar-refractivity contribution >= 4 is 28.8 Å². The van der Waals surface area contributed by atoms with Crippen molar-refractivity contribution in [2.75, 3.05) is 19.0 Å². The van der Waals surface area contributed by atoms with Crippen molar-refractivity contribution in [2.45, 2.75) is 25.9 Å². The Hall–Kier alpha value is -1.66. The molecule has 0 saturated carbocycles. The van der Waals surface area contributed by atoms with Gasteiger partial charge < -0.3 is 20.5 Å². The third-order valence-electron chi connectivity index (χ3n) is 2.70. The molecule has 1 aromatic carbocycles. The largest absolute Gasteiger partial charge is 0.487 e. The Labute approximate surface area is 124 Å². The van der Waals surface area contributed by atoms with Gasteiger partial charge in [0.2, 0.25) is 5.91 Å². The van der Waals surface area contributed by atoms with Crippen LogP contribution in [0.5, 0.6) is 5.75 Å². The van der Waals surface area contributed by atoms with Gasteiger partial charge in [-0.05, 0) is 37.6 Å². The van der Waals surface area contributed by atoms with Crippen molar-refractivity contribution in [3.05, 3.63) is 24.3 Å². The van der Waals surface area contributed by atoms with E-state index in [2.05, 4.69) is 5.32 Å². The first-order chi connectivity index (χ1) is 9.51.